The van der Waals surface area contributed by atoms with Crippen LogP contribution in [-0.4, -0.2) is 61.5 Å². The number of aryl methyl sites for hydroxylation is 1. The standard InChI is InChI=1S/C33H33Cl2N9O3/c1-46-32-25(11-3-6-19-12-13-29(45)40-19)37-17-26(41-32)23-9-4-7-21(30(23)34)22-8-5-10-24(31(22)35)27-18-38-28(33(42-27)47-2)16-36-14-20-15-39-44-43-20/h4-5,7-10,15,17-19,36H,3,6,11-14,16H2,1-2H3,(H,40,45)(H,39,43,44)/t19-/m1/s1. The van der Waals surface area contributed by atoms with E-state index in [1.54, 1.807) is 32.8 Å². The van der Waals surface area contributed by atoms with Crippen molar-refractivity contribution in [3.05, 3.63) is 82.1 Å². The normalized spacial score (nSPS) is 14.3. The smallest absolute Gasteiger partial charge is 0.237 e. The van der Waals surface area contributed by atoms with Crippen LogP contribution in [0.3, 0.4) is 0 Å². The zero-order valence-corrected chi connectivity index (χ0v) is 27.4. The second-order valence-corrected chi connectivity index (χ2v) is 11.8. The van der Waals surface area contributed by atoms with E-state index in [1.165, 1.54) is 0 Å². The maximum absolute atomic E-state index is 11.5. The van der Waals surface area contributed by atoms with E-state index in [9.17, 15) is 4.79 Å². The average molecular weight is 675 g/mol. The molecule has 1 amide bonds. The van der Waals surface area contributed by atoms with Crippen molar-refractivity contribution in [3.63, 3.8) is 0 Å². The lowest BCUT2D eigenvalue weighted by Gasteiger charge is -2.15. The number of H-pyrrole nitrogens is 1. The molecule has 12 nitrogen and oxygen atoms in total. The summed E-state index contributed by atoms with van der Waals surface area (Å²) >= 11 is 14.1. The van der Waals surface area contributed by atoms with E-state index in [0.717, 1.165) is 41.8 Å². The maximum atomic E-state index is 11.5. The van der Waals surface area contributed by atoms with Gasteiger partial charge in [0.1, 0.15) is 11.4 Å². The first-order valence-corrected chi connectivity index (χ1v) is 15.9. The summed E-state index contributed by atoms with van der Waals surface area (Å²) in [5.74, 6) is 0.956. The summed E-state index contributed by atoms with van der Waals surface area (Å²) in [6.07, 6.45) is 8.94. The van der Waals surface area contributed by atoms with Gasteiger partial charge in [0.05, 0.1) is 59.9 Å². The molecule has 0 radical (unpaired) electrons. The van der Waals surface area contributed by atoms with E-state index in [-0.39, 0.29) is 11.9 Å². The molecule has 3 aromatic heterocycles. The van der Waals surface area contributed by atoms with Gasteiger partial charge in [0, 0.05) is 47.8 Å². The zero-order chi connectivity index (χ0) is 32.8. The van der Waals surface area contributed by atoms with Crippen LogP contribution < -0.4 is 20.1 Å². The summed E-state index contributed by atoms with van der Waals surface area (Å²) in [6, 6.07) is 11.6. The Kier molecular flexibility index (Phi) is 10.2. The van der Waals surface area contributed by atoms with Gasteiger partial charge in [-0.3, -0.25) is 14.8 Å². The predicted molar refractivity (Wildman–Crippen MR) is 178 cm³/mol. The van der Waals surface area contributed by atoms with Crippen molar-refractivity contribution in [3.8, 4) is 45.4 Å². The van der Waals surface area contributed by atoms with Crippen molar-refractivity contribution >= 4 is 29.1 Å². The number of nitrogens with zero attached hydrogens (tertiary/aromatic N) is 6. The number of hydrogen-bond acceptors (Lipinski definition) is 10. The minimum atomic E-state index is 0.122. The van der Waals surface area contributed by atoms with Gasteiger partial charge in [-0.05, 0) is 25.7 Å². The Balaban J connectivity index is 1.22. The fourth-order valence-corrected chi connectivity index (χ4v) is 6.23. The van der Waals surface area contributed by atoms with Crippen molar-refractivity contribution < 1.29 is 14.3 Å². The second-order valence-electron chi connectivity index (χ2n) is 11.0. The average Bonchev–Trinajstić information content (AvgIpc) is 3.77. The van der Waals surface area contributed by atoms with Crippen LogP contribution in [0.25, 0.3) is 33.6 Å². The van der Waals surface area contributed by atoms with Crippen molar-refractivity contribution in [1.82, 2.24) is 46.0 Å². The molecule has 6 rings (SSSR count). The van der Waals surface area contributed by atoms with Crippen molar-refractivity contribution in [1.29, 1.82) is 0 Å². The van der Waals surface area contributed by atoms with E-state index in [1.807, 2.05) is 36.4 Å². The molecule has 242 valence electrons. The lowest BCUT2D eigenvalue weighted by atomic mass is 9.98. The molecule has 14 heteroatoms. The fraction of sp³-hybridized carbons (Fsp3) is 0.303. The van der Waals surface area contributed by atoms with Crippen LogP contribution in [0, 0.1) is 0 Å². The number of amides is 1. The Morgan fingerprint density at radius 3 is 2.04 bits per heavy atom. The van der Waals surface area contributed by atoms with Crippen LogP contribution in [-0.2, 0) is 24.3 Å². The van der Waals surface area contributed by atoms with Gasteiger partial charge >= 0.3 is 0 Å². The molecule has 1 aliphatic heterocycles. The highest BCUT2D eigenvalue weighted by molar-refractivity contribution is 6.39. The van der Waals surface area contributed by atoms with Crippen LogP contribution >= 0.6 is 23.2 Å². The quantitative estimate of drug-likeness (QED) is 0.144. The summed E-state index contributed by atoms with van der Waals surface area (Å²) in [5.41, 5.74) is 6.16. The molecule has 2 aromatic carbocycles. The molecule has 1 fully saturated rings. The number of benzene rings is 2. The van der Waals surface area contributed by atoms with Crippen molar-refractivity contribution in [2.45, 2.75) is 51.2 Å². The number of carbonyl (C=O) groups is 1. The van der Waals surface area contributed by atoms with Gasteiger partial charge in [0.25, 0.3) is 0 Å². The third-order valence-electron chi connectivity index (χ3n) is 7.96. The SMILES string of the molecule is COc1nc(-c2cccc(-c3cccc(-c4cnc(CNCc5cn[nH]n5)c(OC)n4)c3Cl)c2Cl)cnc1CCC[C@@H]1CCC(=O)N1. The van der Waals surface area contributed by atoms with E-state index in [4.69, 9.17) is 42.6 Å². The Bertz CT molecular complexity index is 1870. The van der Waals surface area contributed by atoms with Crippen molar-refractivity contribution in [2.24, 2.45) is 0 Å². The first kappa shape index (κ1) is 32.3. The van der Waals surface area contributed by atoms with Crippen molar-refractivity contribution in [2.75, 3.05) is 14.2 Å². The third kappa shape index (κ3) is 7.35. The van der Waals surface area contributed by atoms with Crippen LogP contribution in [0.15, 0.2) is 55.0 Å². The summed E-state index contributed by atoms with van der Waals surface area (Å²) in [4.78, 5) is 30.2. The Morgan fingerprint density at radius 1 is 0.851 bits per heavy atom. The molecule has 0 bridgehead atoms. The van der Waals surface area contributed by atoms with Crippen LogP contribution in [0.1, 0.15) is 42.8 Å². The lowest BCUT2D eigenvalue weighted by molar-refractivity contribution is -0.119. The fourth-order valence-electron chi connectivity index (χ4n) is 5.58. The number of hydrogen-bond donors (Lipinski definition) is 3. The monoisotopic (exact) mass is 673 g/mol. The van der Waals surface area contributed by atoms with E-state index < -0.39 is 0 Å². The molecule has 1 atom stereocenters. The number of nitrogens with one attached hydrogen (secondary N) is 3. The third-order valence-corrected chi connectivity index (χ3v) is 8.78. The van der Waals surface area contributed by atoms with Crippen LogP contribution in [0.5, 0.6) is 11.8 Å². The maximum Gasteiger partial charge on any atom is 0.237 e. The molecule has 3 N–H and O–H groups in total. The van der Waals surface area contributed by atoms with Gasteiger partial charge < -0.3 is 20.1 Å². The molecule has 1 aliphatic rings. The lowest BCUT2D eigenvalue weighted by Crippen LogP contribution is -2.25. The number of ether oxygens (including phenoxy) is 2. The van der Waals surface area contributed by atoms with E-state index in [2.05, 4.69) is 36.0 Å². The molecule has 0 spiro atoms. The molecule has 0 saturated carbocycles. The number of methoxy groups -OCH3 is 2. The molecular weight excluding hydrogens is 641 g/mol. The minimum absolute atomic E-state index is 0.122. The van der Waals surface area contributed by atoms with Gasteiger partial charge in [0.2, 0.25) is 17.7 Å². The zero-order valence-electron chi connectivity index (χ0n) is 25.9. The molecule has 1 saturated heterocycles. The summed E-state index contributed by atoms with van der Waals surface area (Å²) < 4.78 is 11.2. The Hall–Kier alpha value is -4.65. The highest BCUT2D eigenvalue weighted by Gasteiger charge is 2.22. The van der Waals surface area contributed by atoms with E-state index >= 15 is 0 Å². The number of rotatable bonds is 13. The van der Waals surface area contributed by atoms with Gasteiger partial charge in [-0.2, -0.15) is 15.4 Å². The molecule has 47 heavy (non-hydrogen) atoms. The molecule has 0 aliphatic carbocycles. The molecule has 5 aromatic rings. The first-order valence-electron chi connectivity index (χ1n) is 15.2. The molecule has 0 unspecified atom stereocenters. The molecular formula is C33H33Cl2N9O3. The Labute approximate surface area is 281 Å². The predicted octanol–water partition coefficient (Wildman–Crippen LogP) is 5.60. The number of aromatic amines is 1. The number of aromatic nitrogens is 7. The molecule has 4 heterocycles. The minimum Gasteiger partial charge on any atom is -0.480 e. The van der Waals surface area contributed by atoms with Gasteiger partial charge in [-0.15, -0.1) is 0 Å². The van der Waals surface area contributed by atoms with Gasteiger partial charge in [-0.25, -0.2) is 9.97 Å². The van der Waals surface area contributed by atoms with Gasteiger partial charge in [-0.1, -0.05) is 59.6 Å². The highest BCUT2D eigenvalue weighted by Crippen LogP contribution is 2.42. The number of halogens is 2. The Morgan fingerprint density at radius 2 is 1.47 bits per heavy atom. The summed E-state index contributed by atoms with van der Waals surface area (Å²) in [6.45, 7) is 0.940. The largest absolute Gasteiger partial charge is 0.480 e. The summed E-state index contributed by atoms with van der Waals surface area (Å²) in [5, 5.41) is 17.7. The van der Waals surface area contributed by atoms with Crippen LogP contribution in [0.2, 0.25) is 10.0 Å². The number of carbonyl (C=O) groups excluding carboxylic acids is 1. The first-order chi connectivity index (χ1) is 22.9. The summed E-state index contributed by atoms with van der Waals surface area (Å²) in [7, 11) is 3.14. The highest BCUT2D eigenvalue weighted by atomic mass is 35.5. The van der Waals surface area contributed by atoms with Gasteiger partial charge in [0.15, 0.2) is 0 Å². The topological polar surface area (TPSA) is 153 Å². The van der Waals surface area contributed by atoms with E-state index in [0.29, 0.717) is 75.9 Å². The second kappa shape index (κ2) is 14.8. The van der Waals surface area contributed by atoms with Crippen LogP contribution in [0.4, 0.5) is 0 Å².